The van der Waals surface area contributed by atoms with Crippen LogP contribution < -0.4 is 0 Å². The first kappa shape index (κ1) is 20.1. The summed E-state index contributed by atoms with van der Waals surface area (Å²) in [7, 11) is 1.50. The van der Waals surface area contributed by atoms with E-state index in [1.165, 1.54) is 18.0 Å². The molecule has 6 nitrogen and oxygen atoms in total. The van der Waals surface area contributed by atoms with Crippen LogP contribution in [0, 0.1) is 17.8 Å². The van der Waals surface area contributed by atoms with Gasteiger partial charge in [0.05, 0.1) is 11.8 Å². The number of benzene rings is 1. The maximum absolute atomic E-state index is 13.1. The van der Waals surface area contributed by atoms with Crippen LogP contribution in [0.15, 0.2) is 57.1 Å². The van der Waals surface area contributed by atoms with E-state index in [4.69, 9.17) is 0 Å². The predicted octanol–water partition coefficient (Wildman–Crippen LogP) is 3.21. The molecule has 7 heteroatoms. The molecular formula is C24H20BrNO5. The number of rotatable bonds is 1. The Bertz CT molecular complexity index is 1190. The highest BCUT2D eigenvalue weighted by Crippen LogP contribution is 2.56. The van der Waals surface area contributed by atoms with Crippen LogP contribution in [-0.4, -0.2) is 40.4 Å². The maximum atomic E-state index is 13.1. The summed E-state index contributed by atoms with van der Waals surface area (Å²) in [6.45, 7) is 1.61. The third-order valence-electron chi connectivity index (χ3n) is 7.08. The zero-order valence-corrected chi connectivity index (χ0v) is 18.6. The molecule has 1 N–H and O–H groups in total. The van der Waals surface area contributed by atoms with Crippen molar-refractivity contribution in [3.8, 4) is 5.75 Å². The highest BCUT2D eigenvalue weighted by atomic mass is 79.9. The molecule has 1 saturated heterocycles. The average molecular weight is 482 g/mol. The highest BCUT2D eigenvalue weighted by molar-refractivity contribution is 9.10. The molecule has 31 heavy (non-hydrogen) atoms. The Morgan fingerprint density at radius 2 is 1.84 bits per heavy atom. The molecule has 158 valence electrons. The Balaban J connectivity index is 1.75. The fraction of sp³-hybridized carbons (Fsp3) is 0.333. The number of halogens is 1. The molecule has 0 spiro atoms. The first-order chi connectivity index (χ1) is 14.7. The molecule has 0 saturated carbocycles. The summed E-state index contributed by atoms with van der Waals surface area (Å²) in [6, 6.07) is 4.99. The number of allylic oxidation sites excluding steroid dienone is 6. The monoisotopic (exact) mass is 481 g/mol. The topological polar surface area (TPSA) is 91.8 Å². The number of likely N-dealkylation sites (tertiary alicyclic amines) is 1. The Morgan fingerprint density at radius 3 is 2.58 bits per heavy atom. The molecule has 1 aromatic rings. The van der Waals surface area contributed by atoms with E-state index in [9.17, 15) is 24.3 Å². The first-order valence-electron chi connectivity index (χ1n) is 10.2. The van der Waals surface area contributed by atoms with E-state index < -0.39 is 17.8 Å². The Morgan fingerprint density at radius 1 is 1.10 bits per heavy atom. The van der Waals surface area contributed by atoms with Gasteiger partial charge < -0.3 is 5.11 Å². The van der Waals surface area contributed by atoms with Crippen LogP contribution in [0.4, 0.5) is 0 Å². The minimum atomic E-state index is -0.637. The summed E-state index contributed by atoms with van der Waals surface area (Å²) in [4.78, 5) is 53.0. The van der Waals surface area contributed by atoms with Gasteiger partial charge in [-0.05, 0) is 50.0 Å². The number of phenolic OH excluding ortho intramolecular Hbond substituents is 1. The summed E-state index contributed by atoms with van der Waals surface area (Å²) < 4.78 is 0.729. The second-order valence-electron chi connectivity index (χ2n) is 8.67. The van der Waals surface area contributed by atoms with Crippen molar-refractivity contribution >= 4 is 39.3 Å². The lowest BCUT2D eigenvalue weighted by atomic mass is 9.59. The van der Waals surface area contributed by atoms with Gasteiger partial charge in [-0.3, -0.25) is 24.1 Å². The number of carbonyl (C=O) groups excluding carboxylic acids is 4. The van der Waals surface area contributed by atoms with E-state index in [0.29, 0.717) is 28.7 Å². The molecular weight excluding hydrogens is 462 g/mol. The molecule has 4 aliphatic rings. The smallest absolute Gasteiger partial charge is 0.233 e. The zero-order chi connectivity index (χ0) is 22.2. The van der Waals surface area contributed by atoms with Crippen LogP contribution in [0.1, 0.15) is 31.2 Å². The van der Waals surface area contributed by atoms with E-state index in [0.717, 1.165) is 10.0 Å². The number of nitrogens with zero attached hydrogens (tertiary/aromatic N) is 1. The van der Waals surface area contributed by atoms with Gasteiger partial charge >= 0.3 is 0 Å². The van der Waals surface area contributed by atoms with Crippen molar-refractivity contribution in [1.82, 2.24) is 4.90 Å². The lowest BCUT2D eigenvalue weighted by Crippen LogP contribution is -2.39. The number of ketones is 2. The van der Waals surface area contributed by atoms with E-state index in [1.807, 2.05) is 6.08 Å². The number of amides is 2. The number of phenols is 1. The molecule has 0 unspecified atom stereocenters. The summed E-state index contributed by atoms with van der Waals surface area (Å²) >= 11 is 3.43. The Labute approximate surface area is 187 Å². The molecule has 3 aliphatic carbocycles. The summed E-state index contributed by atoms with van der Waals surface area (Å²) in [5, 5.41) is 10.7. The fourth-order valence-electron chi connectivity index (χ4n) is 5.65. The molecule has 0 bridgehead atoms. The van der Waals surface area contributed by atoms with Crippen molar-refractivity contribution in [1.29, 1.82) is 0 Å². The standard InChI is InChI=1S/C24H20BrNO5/c1-10-7-18(28)21-16(22(10)29)9-14-12(19(21)15-8-11(25)3-6-17(15)27)4-5-13-20(14)24(31)26(2)23(13)30/h3-4,6-8,13-14,19-20,27H,5,9H2,1-2H3/t13-,14+,19+,20-/m0/s1. The Hall–Kier alpha value is -2.80. The number of hydrogen-bond donors (Lipinski definition) is 1. The number of fused-ring (bicyclic) bond motifs is 3. The second-order valence-corrected chi connectivity index (χ2v) is 9.58. The summed E-state index contributed by atoms with van der Waals surface area (Å²) in [5.74, 6) is -2.89. The molecule has 2 amide bonds. The van der Waals surface area contributed by atoms with Crippen molar-refractivity contribution in [3.05, 3.63) is 62.7 Å². The second kappa shape index (κ2) is 6.85. The SMILES string of the molecule is CC1=CC(=O)C2=C(C[C@@H]3C(=CC[C@@H]4C(=O)N(C)C(=O)[C@@H]43)[C@@H]2c2cc(Br)ccc2O)C1=O. The van der Waals surface area contributed by atoms with E-state index in [-0.39, 0.29) is 41.5 Å². The van der Waals surface area contributed by atoms with Gasteiger partial charge in [-0.15, -0.1) is 0 Å². The van der Waals surface area contributed by atoms with Gasteiger partial charge in [0, 0.05) is 39.7 Å². The third kappa shape index (κ3) is 2.75. The van der Waals surface area contributed by atoms with Crippen LogP contribution in [0.3, 0.4) is 0 Å². The van der Waals surface area contributed by atoms with Gasteiger partial charge in [0.15, 0.2) is 11.6 Å². The molecule has 0 aromatic heterocycles. The minimum Gasteiger partial charge on any atom is -0.508 e. The van der Waals surface area contributed by atoms with Crippen molar-refractivity contribution in [2.45, 2.75) is 25.7 Å². The molecule has 1 aromatic carbocycles. The number of carbonyl (C=O) groups is 4. The van der Waals surface area contributed by atoms with Crippen LogP contribution in [-0.2, 0) is 19.2 Å². The van der Waals surface area contributed by atoms with Gasteiger partial charge in [0.25, 0.3) is 0 Å². The van der Waals surface area contributed by atoms with E-state index in [2.05, 4.69) is 15.9 Å². The lowest BCUT2D eigenvalue weighted by Gasteiger charge is -2.42. The van der Waals surface area contributed by atoms with Crippen molar-refractivity contribution in [3.63, 3.8) is 0 Å². The Kier molecular flexibility index (Phi) is 4.45. The van der Waals surface area contributed by atoms with Crippen LogP contribution >= 0.6 is 15.9 Å². The van der Waals surface area contributed by atoms with Gasteiger partial charge in [0.1, 0.15) is 5.75 Å². The maximum Gasteiger partial charge on any atom is 0.233 e. The number of aromatic hydroxyl groups is 1. The summed E-state index contributed by atoms with van der Waals surface area (Å²) in [6.07, 6.45) is 3.94. The summed E-state index contributed by atoms with van der Waals surface area (Å²) in [5.41, 5.74) is 2.48. The van der Waals surface area contributed by atoms with E-state index in [1.54, 1.807) is 25.1 Å². The quantitative estimate of drug-likeness (QED) is 0.377. The van der Waals surface area contributed by atoms with Gasteiger partial charge in [-0.1, -0.05) is 27.6 Å². The van der Waals surface area contributed by atoms with Gasteiger partial charge in [-0.25, -0.2) is 0 Å². The highest BCUT2D eigenvalue weighted by Gasteiger charge is 2.55. The molecule has 1 fully saturated rings. The van der Waals surface area contributed by atoms with Crippen molar-refractivity contribution in [2.75, 3.05) is 7.05 Å². The zero-order valence-electron chi connectivity index (χ0n) is 17.0. The molecule has 4 atom stereocenters. The van der Waals surface area contributed by atoms with Crippen LogP contribution in [0.2, 0.25) is 0 Å². The molecule has 1 aliphatic heterocycles. The molecule has 5 rings (SSSR count). The number of Topliss-reactive ketones (excluding diaryl/α,β-unsaturated/α-hetero) is 1. The predicted molar refractivity (Wildman–Crippen MR) is 115 cm³/mol. The average Bonchev–Trinajstić information content (AvgIpc) is 2.96. The van der Waals surface area contributed by atoms with Crippen molar-refractivity contribution in [2.24, 2.45) is 17.8 Å². The number of imide groups is 1. The normalized spacial score (nSPS) is 30.1. The van der Waals surface area contributed by atoms with Crippen LogP contribution in [0.25, 0.3) is 0 Å². The van der Waals surface area contributed by atoms with Gasteiger partial charge in [-0.2, -0.15) is 0 Å². The minimum absolute atomic E-state index is 0.0150. The number of hydrogen-bond acceptors (Lipinski definition) is 5. The fourth-order valence-corrected chi connectivity index (χ4v) is 6.03. The third-order valence-corrected chi connectivity index (χ3v) is 7.58. The largest absolute Gasteiger partial charge is 0.508 e. The molecule has 0 radical (unpaired) electrons. The lowest BCUT2D eigenvalue weighted by molar-refractivity contribution is -0.138. The van der Waals surface area contributed by atoms with Crippen LogP contribution in [0.5, 0.6) is 5.75 Å². The molecule has 1 heterocycles. The van der Waals surface area contributed by atoms with E-state index >= 15 is 0 Å². The van der Waals surface area contributed by atoms with Gasteiger partial charge in [0.2, 0.25) is 11.8 Å². The van der Waals surface area contributed by atoms with Crippen molar-refractivity contribution < 1.29 is 24.3 Å². The first-order valence-corrected chi connectivity index (χ1v) is 11.0.